The Morgan fingerprint density at radius 2 is 1.69 bits per heavy atom. The Kier molecular flexibility index (Phi) is 6.29. The molecule has 6 nitrogen and oxygen atoms in total. The Morgan fingerprint density at radius 3 is 2.31 bits per heavy atom. The molecule has 0 saturated carbocycles. The molecule has 0 spiro atoms. The number of methoxy groups -OCH3 is 1. The lowest BCUT2D eigenvalue weighted by atomic mass is 10.1. The molecule has 0 fully saturated rings. The van der Waals surface area contributed by atoms with Crippen LogP contribution >= 0.6 is 11.3 Å². The van der Waals surface area contributed by atoms with E-state index in [-0.39, 0.29) is 18.4 Å². The van der Waals surface area contributed by atoms with Crippen molar-refractivity contribution in [3.8, 4) is 17.0 Å². The van der Waals surface area contributed by atoms with Crippen molar-refractivity contribution in [2.45, 2.75) is 20.8 Å². The van der Waals surface area contributed by atoms with E-state index in [1.807, 2.05) is 51.1 Å². The predicted molar refractivity (Wildman–Crippen MR) is 116 cm³/mol. The van der Waals surface area contributed by atoms with Gasteiger partial charge in [-0.05, 0) is 57.2 Å². The molecule has 150 valence electrons. The van der Waals surface area contributed by atoms with Crippen LogP contribution in [0.2, 0.25) is 0 Å². The summed E-state index contributed by atoms with van der Waals surface area (Å²) in [6.07, 6.45) is 0. The summed E-state index contributed by atoms with van der Waals surface area (Å²) in [7, 11) is 1.62. The summed E-state index contributed by atoms with van der Waals surface area (Å²) in [6, 6.07) is 13.2. The molecule has 0 saturated heterocycles. The SMILES string of the molecule is COc1ccc(-c2nc(NC(=O)CNC(=O)c3cc(C)cc(C)c3)sc2C)cc1. The molecule has 3 aromatic rings. The van der Waals surface area contributed by atoms with Gasteiger partial charge >= 0.3 is 0 Å². The van der Waals surface area contributed by atoms with Crippen molar-refractivity contribution in [2.24, 2.45) is 0 Å². The number of thiazole rings is 1. The highest BCUT2D eigenvalue weighted by Gasteiger charge is 2.14. The second-order valence-corrected chi connectivity index (χ2v) is 7.96. The number of anilines is 1. The van der Waals surface area contributed by atoms with Crippen LogP contribution in [0.5, 0.6) is 5.75 Å². The first-order valence-corrected chi connectivity index (χ1v) is 9.95. The quantitative estimate of drug-likeness (QED) is 0.642. The normalized spacial score (nSPS) is 10.5. The van der Waals surface area contributed by atoms with Gasteiger partial charge in [-0.15, -0.1) is 11.3 Å². The molecule has 0 bridgehead atoms. The number of carbonyl (C=O) groups excluding carboxylic acids is 2. The Hall–Kier alpha value is -3.19. The van der Waals surface area contributed by atoms with Crippen LogP contribution in [0.4, 0.5) is 5.13 Å². The molecule has 2 N–H and O–H groups in total. The number of aryl methyl sites for hydroxylation is 3. The fraction of sp³-hybridized carbons (Fsp3) is 0.227. The Bertz CT molecular complexity index is 1020. The molecular weight excluding hydrogens is 386 g/mol. The smallest absolute Gasteiger partial charge is 0.251 e. The average molecular weight is 410 g/mol. The van der Waals surface area contributed by atoms with Gasteiger partial charge in [-0.3, -0.25) is 9.59 Å². The largest absolute Gasteiger partial charge is 0.497 e. The molecule has 1 heterocycles. The summed E-state index contributed by atoms with van der Waals surface area (Å²) in [5.41, 5.74) is 4.31. The second-order valence-electron chi connectivity index (χ2n) is 6.76. The summed E-state index contributed by atoms with van der Waals surface area (Å²) in [4.78, 5) is 30.0. The highest BCUT2D eigenvalue weighted by atomic mass is 32.1. The van der Waals surface area contributed by atoms with Crippen molar-refractivity contribution in [1.82, 2.24) is 10.3 Å². The lowest BCUT2D eigenvalue weighted by molar-refractivity contribution is -0.115. The fourth-order valence-electron chi connectivity index (χ4n) is 3.00. The molecule has 0 aliphatic carbocycles. The number of hydrogen-bond donors (Lipinski definition) is 2. The van der Waals surface area contributed by atoms with Crippen molar-refractivity contribution < 1.29 is 14.3 Å². The van der Waals surface area contributed by atoms with Gasteiger partial charge in [0.2, 0.25) is 5.91 Å². The van der Waals surface area contributed by atoms with Gasteiger partial charge < -0.3 is 15.4 Å². The van der Waals surface area contributed by atoms with E-state index < -0.39 is 0 Å². The third-order valence-electron chi connectivity index (χ3n) is 4.30. The number of nitrogens with zero attached hydrogens (tertiary/aromatic N) is 1. The third-order valence-corrected chi connectivity index (χ3v) is 5.19. The van der Waals surface area contributed by atoms with Crippen LogP contribution in [0, 0.1) is 20.8 Å². The molecule has 1 aromatic heterocycles. The van der Waals surface area contributed by atoms with E-state index in [0.717, 1.165) is 33.0 Å². The van der Waals surface area contributed by atoms with Crippen LogP contribution in [-0.4, -0.2) is 30.5 Å². The standard InChI is InChI=1S/C22H23N3O3S/c1-13-9-14(2)11-17(10-13)21(27)23-12-19(26)24-22-25-20(15(3)29-22)16-5-7-18(28-4)8-6-16/h5-11H,12H2,1-4H3,(H,23,27)(H,24,25,26). The number of rotatable bonds is 6. The summed E-state index contributed by atoms with van der Waals surface area (Å²) in [5.74, 6) is 0.175. The summed E-state index contributed by atoms with van der Waals surface area (Å²) < 4.78 is 5.17. The predicted octanol–water partition coefficient (Wildman–Crippen LogP) is 4.11. The van der Waals surface area contributed by atoms with E-state index in [1.54, 1.807) is 19.2 Å². The minimum Gasteiger partial charge on any atom is -0.497 e. The van der Waals surface area contributed by atoms with Crippen molar-refractivity contribution in [3.05, 3.63) is 64.0 Å². The van der Waals surface area contributed by atoms with Gasteiger partial charge in [0.25, 0.3) is 5.91 Å². The number of ether oxygens (including phenoxy) is 1. The van der Waals surface area contributed by atoms with Crippen molar-refractivity contribution in [2.75, 3.05) is 19.0 Å². The monoisotopic (exact) mass is 409 g/mol. The zero-order valence-corrected chi connectivity index (χ0v) is 17.6. The van der Waals surface area contributed by atoms with Gasteiger partial charge in [0.1, 0.15) is 5.75 Å². The van der Waals surface area contributed by atoms with E-state index in [4.69, 9.17) is 4.74 Å². The van der Waals surface area contributed by atoms with Crippen LogP contribution in [0.25, 0.3) is 11.3 Å². The summed E-state index contributed by atoms with van der Waals surface area (Å²) in [6.45, 7) is 5.69. The molecule has 0 atom stereocenters. The lowest BCUT2D eigenvalue weighted by Crippen LogP contribution is -2.32. The van der Waals surface area contributed by atoms with E-state index in [2.05, 4.69) is 15.6 Å². The lowest BCUT2D eigenvalue weighted by Gasteiger charge is -2.07. The summed E-state index contributed by atoms with van der Waals surface area (Å²) in [5, 5.41) is 5.90. The topological polar surface area (TPSA) is 80.3 Å². The zero-order valence-electron chi connectivity index (χ0n) is 16.8. The fourth-order valence-corrected chi connectivity index (χ4v) is 3.85. The van der Waals surface area contributed by atoms with E-state index in [9.17, 15) is 9.59 Å². The minimum atomic E-state index is -0.322. The molecule has 0 unspecified atom stereocenters. The molecule has 2 aromatic carbocycles. The number of nitrogens with one attached hydrogen (secondary N) is 2. The van der Waals surface area contributed by atoms with Gasteiger partial charge in [-0.1, -0.05) is 17.2 Å². The first-order valence-electron chi connectivity index (χ1n) is 9.14. The van der Waals surface area contributed by atoms with E-state index in [0.29, 0.717) is 10.7 Å². The number of benzene rings is 2. The van der Waals surface area contributed by atoms with Crippen LogP contribution in [-0.2, 0) is 4.79 Å². The van der Waals surface area contributed by atoms with Crippen LogP contribution in [0.1, 0.15) is 26.4 Å². The maximum absolute atomic E-state index is 12.3. The number of hydrogen-bond acceptors (Lipinski definition) is 5. The molecule has 2 amide bonds. The molecule has 0 radical (unpaired) electrons. The number of carbonyl (C=O) groups is 2. The van der Waals surface area contributed by atoms with Gasteiger partial charge in [-0.2, -0.15) is 0 Å². The zero-order chi connectivity index (χ0) is 21.0. The Labute approximate surface area is 173 Å². The molecular formula is C22H23N3O3S. The van der Waals surface area contributed by atoms with Gasteiger partial charge in [0.15, 0.2) is 5.13 Å². The summed E-state index contributed by atoms with van der Waals surface area (Å²) >= 11 is 1.40. The van der Waals surface area contributed by atoms with Crippen LogP contribution < -0.4 is 15.4 Å². The van der Waals surface area contributed by atoms with Crippen LogP contribution in [0.15, 0.2) is 42.5 Å². The van der Waals surface area contributed by atoms with Gasteiger partial charge in [-0.25, -0.2) is 4.98 Å². The van der Waals surface area contributed by atoms with Crippen molar-refractivity contribution in [3.63, 3.8) is 0 Å². The second kappa shape index (κ2) is 8.87. The number of aromatic nitrogens is 1. The minimum absolute atomic E-state index is 0.123. The van der Waals surface area contributed by atoms with E-state index >= 15 is 0 Å². The molecule has 29 heavy (non-hydrogen) atoms. The van der Waals surface area contributed by atoms with E-state index in [1.165, 1.54) is 11.3 Å². The van der Waals surface area contributed by atoms with Crippen molar-refractivity contribution >= 4 is 28.3 Å². The average Bonchev–Trinajstić information content (AvgIpc) is 3.05. The van der Waals surface area contributed by atoms with Crippen LogP contribution in [0.3, 0.4) is 0 Å². The highest BCUT2D eigenvalue weighted by molar-refractivity contribution is 7.16. The highest BCUT2D eigenvalue weighted by Crippen LogP contribution is 2.31. The molecule has 7 heteroatoms. The van der Waals surface area contributed by atoms with Gasteiger partial charge in [0.05, 0.1) is 19.3 Å². The molecule has 0 aliphatic rings. The Balaban J connectivity index is 1.61. The molecule has 3 rings (SSSR count). The van der Waals surface area contributed by atoms with Crippen molar-refractivity contribution in [1.29, 1.82) is 0 Å². The maximum Gasteiger partial charge on any atom is 0.251 e. The molecule has 0 aliphatic heterocycles. The first kappa shape index (κ1) is 20.5. The Morgan fingerprint density at radius 1 is 1.03 bits per heavy atom. The number of amides is 2. The van der Waals surface area contributed by atoms with Gasteiger partial charge in [0, 0.05) is 16.0 Å². The maximum atomic E-state index is 12.3. The first-order chi connectivity index (χ1) is 13.9. The third kappa shape index (κ3) is 5.20.